The summed E-state index contributed by atoms with van der Waals surface area (Å²) in [5.41, 5.74) is 4.89. The van der Waals surface area contributed by atoms with Crippen LogP contribution in [0.3, 0.4) is 0 Å². The van der Waals surface area contributed by atoms with Gasteiger partial charge in [0.1, 0.15) is 5.82 Å². The molecule has 0 spiro atoms. The van der Waals surface area contributed by atoms with Crippen LogP contribution in [0.25, 0.3) is 0 Å². The molecule has 0 aliphatic carbocycles. The monoisotopic (exact) mass is 372 g/mol. The van der Waals surface area contributed by atoms with Crippen molar-refractivity contribution < 1.29 is 4.39 Å². The fraction of sp³-hybridized carbons (Fsp3) is 0.455. The van der Waals surface area contributed by atoms with Crippen molar-refractivity contribution in [2.24, 2.45) is 0 Å². The number of hydrogen-bond acceptors (Lipinski definition) is 2. The molecule has 0 radical (unpaired) electrons. The van der Waals surface area contributed by atoms with Gasteiger partial charge in [0.2, 0.25) is 0 Å². The van der Waals surface area contributed by atoms with Crippen LogP contribution >= 0.6 is 11.6 Å². The smallest absolute Gasteiger partial charge is 0.126 e. The van der Waals surface area contributed by atoms with Crippen LogP contribution in [0.2, 0.25) is 0 Å². The maximum Gasteiger partial charge on any atom is 0.126 e. The van der Waals surface area contributed by atoms with Crippen molar-refractivity contribution in [2.45, 2.75) is 37.6 Å². The first kappa shape index (κ1) is 17.8. The van der Waals surface area contributed by atoms with E-state index in [0.29, 0.717) is 11.9 Å². The fourth-order valence-electron chi connectivity index (χ4n) is 4.35. The van der Waals surface area contributed by atoms with Crippen LogP contribution < -0.4 is 4.90 Å². The Kier molecular flexibility index (Phi) is 5.46. The van der Waals surface area contributed by atoms with Crippen molar-refractivity contribution >= 4 is 17.3 Å². The predicted octanol–water partition coefficient (Wildman–Crippen LogP) is 4.63. The van der Waals surface area contributed by atoms with Crippen LogP contribution in [0.1, 0.15) is 29.5 Å². The molecule has 2 aliphatic heterocycles. The molecule has 138 valence electrons. The summed E-state index contributed by atoms with van der Waals surface area (Å²) >= 11 is 6.03. The molecule has 0 amide bonds. The highest BCUT2D eigenvalue weighted by atomic mass is 35.5. The van der Waals surface area contributed by atoms with Crippen molar-refractivity contribution in [2.75, 3.05) is 31.1 Å². The zero-order valence-corrected chi connectivity index (χ0v) is 15.9. The van der Waals surface area contributed by atoms with E-state index in [0.717, 1.165) is 44.6 Å². The third-order valence-corrected chi connectivity index (χ3v) is 6.20. The largest absolute Gasteiger partial charge is 0.368 e. The Balaban J connectivity index is 1.33. The molecule has 4 rings (SSSR count). The molecular formula is C22H26ClFN2. The maximum atomic E-state index is 13.8. The number of halogens is 2. The summed E-state index contributed by atoms with van der Waals surface area (Å²) in [7, 11) is 0. The van der Waals surface area contributed by atoms with Gasteiger partial charge in [-0.25, -0.2) is 4.39 Å². The Morgan fingerprint density at radius 1 is 1.04 bits per heavy atom. The van der Waals surface area contributed by atoms with Gasteiger partial charge in [0, 0.05) is 43.8 Å². The third-order valence-electron chi connectivity index (χ3n) is 5.89. The summed E-state index contributed by atoms with van der Waals surface area (Å²) in [5.74, 6) is 0.501. The molecule has 2 aromatic rings. The molecule has 2 heterocycles. The molecule has 4 heteroatoms. The minimum Gasteiger partial charge on any atom is -0.368 e. The first-order chi connectivity index (χ1) is 12.7. The van der Waals surface area contributed by atoms with E-state index in [1.165, 1.54) is 29.7 Å². The first-order valence-electron chi connectivity index (χ1n) is 9.65. The Bertz CT molecular complexity index is 756. The number of anilines is 1. The van der Waals surface area contributed by atoms with Gasteiger partial charge in [0.15, 0.2) is 0 Å². The predicted molar refractivity (Wildman–Crippen MR) is 107 cm³/mol. The first-order valence-corrected chi connectivity index (χ1v) is 10.2. The number of benzene rings is 2. The lowest BCUT2D eigenvalue weighted by atomic mass is 10.0. The molecule has 1 fully saturated rings. The molecule has 1 saturated heterocycles. The normalized spacial score (nSPS) is 18.3. The van der Waals surface area contributed by atoms with Crippen LogP contribution in [0.5, 0.6) is 0 Å². The number of hydrogen-bond donors (Lipinski definition) is 0. The van der Waals surface area contributed by atoms with E-state index in [9.17, 15) is 4.39 Å². The summed E-state index contributed by atoms with van der Waals surface area (Å²) in [6.07, 6.45) is 4.30. The molecule has 0 atom stereocenters. The quantitative estimate of drug-likeness (QED) is 0.706. The van der Waals surface area contributed by atoms with Gasteiger partial charge in [-0.2, -0.15) is 0 Å². The summed E-state index contributed by atoms with van der Waals surface area (Å²) in [6, 6.07) is 14.4. The third kappa shape index (κ3) is 3.74. The summed E-state index contributed by atoms with van der Waals surface area (Å²) in [6.45, 7) is 4.27. The van der Waals surface area contributed by atoms with Gasteiger partial charge in [-0.3, -0.25) is 0 Å². The number of likely N-dealkylation sites (tertiary alicyclic amines) is 1. The molecule has 0 N–H and O–H groups in total. The van der Waals surface area contributed by atoms with Crippen LogP contribution in [0.15, 0.2) is 42.5 Å². The van der Waals surface area contributed by atoms with Crippen molar-refractivity contribution in [3.63, 3.8) is 0 Å². The van der Waals surface area contributed by atoms with E-state index < -0.39 is 0 Å². The molecule has 2 aromatic carbocycles. The van der Waals surface area contributed by atoms with E-state index in [1.54, 1.807) is 12.1 Å². The number of rotatable bonds is 5. The second-order valence-corrected chi connectivity index (χ2v) is 7.72. The SMILES string of the molecule is Fc1ccccc1CCN1CCC(N2CCc3ccc(CCl)cc32)CC1. The van der Waals surface area contributed by atoms with Gasteiger partial charge in [-0.05, 0) is 54.5 Å². The Labute approximate surface area is 160 Å². The highest BCUT2D eigenvalue weighted by Crippen LogP contribution is 2.33. The van der Waals surface area contributed by atoms with Gasteiger partial charge < -0.3 is 9.80 Å². The fourth-order valence-corrected chi connectivity index (χ4v) is 4.51. The zero-order chi connectivity index (χ0) is 17.9. The zero-order valence-electron chi connectivity index (χ0n) is 15.1. The Morgan fingerprint density at radius 3 is 2.62 bits per heavy atom. The van der Waals surface area contributed by atoms with Gasteiger partial charge in [0.05, 0.1) is 0 Å². The van der Waals surface area contributed by atoms with Crippen LogP contribution in [0, 0.1) is 5.82 Å². The number of piperidine rings is 1. The van der Waals surface area contributed by atoms with Gasteiger partial charge >= 0.3 is 0 Å². The minimum absolute atomic E-state index is 0.0776. The highest BCUT2D eigenvalue weighted by molar-refractivity contribution is 6.17. The van der Waals surface area contributed by atoms with Crippen LogP contribution in [0.4, 0.5) is 10.1 Å². The van der Waals surface area contributed by atoms with E-state index >= 15 is 0 Å². The van der Waals surface area contributed by atoms with E-state index in [1.807, 2.05) is 12.1 Å². The molecule has 26 heavy (non-hydrogen) atoms. The van der Waals surface area contributed by atoms with Gasteiger partial charge in [-0.1, -0.05) is 30.3 Å². The lowest BCUT2D eigenvalue weighted by molar-refractivity contribution is 0.211. The molecule has 0 unspecified atom stereocenters. The minimum atomic E-state index is -0.0776. The van der Waals surface area contributed by atoms with Crippen molar-refractivity contribution in [1.82, 2.24) is 4.90 Å². The summed E-state index contributed by atoms with van der Waals surface area (Å²) < 4.78 is 13.8. The second kappa shape index (κ2) is 7.98. The number of fused-ring (bicyclic) bond motifs is 1. The van der Waals surface area contributed by atoms with Crippen molar-refractivity contribution in [3.8, 4) is 0 Å². The molecule has 0 aromatic heterocycles. The number of alkyl halides is 1. The van der Waals surface area contributed by atoms with E-state index in [2.05, 4.69) is 28.0 Å². The topological polar surface area (TPSA) is 6.48 Å². The highest BCUT2D eigenvalue weighted by Gasteiger charge is 2.29. The lowest BCUT2D eigenvalue weighted by Gasteiger charge is -2.38. The molecule has 0 saturated carbocycles. The number of nitrogens with zero attached hydrogens (tertiary/aromatic N) is 2. The molecule has 0 bridgehead atoms. The maximum absolute atomic E-state index is 13.8. The van der Waals surface area contributed by atoms with Crippen LogP contribution in [-0.2, 0) is 18.7 Å². The summed E-state index contributed by atoms with van der Waals surface area (Å²) in [5, 5.41) is 0. The lowest BCUT2D eigenvalue weighted by Crippen LogP contribution is -2.45. The second-order valence-electron chi connectivity index (χ2n) is 7.45. The standard InChI is InChI=1S/C22H26ClFN2/c23-16-17-5-6-19-8-14-26(22(19)15-17)20-9-12-25(13-10-20)11-7-18-3-1-2-4-21(18)24/h1-6,15,20H,7-14,16H2. The Hall–Kier alpha value is -1.58. The average Bonchev–Trinajstić information content (AvgIpc) is 3.11. The average molecular weight is 373 g/mol. The van der Waals surface area contributed by atoms with Gasteiger partial charge in [-0.15, -0.1) is 11.6 Å². The molecule has 2 nitrogen and oxygen atoms in total. The van der Waals surface area contributed by atoms with Crippen molar-refractivity contribution in [1.29, 1.82) is 0 Å². The van der Waals surface area contributed by atoms with Crippen LogP contribution in [-0.4, -0.2) is 37.1 Å². The molecule has 2 aliphatic rings. The summed E-state index contributed by atoms with van der Waals surface area (Å²) in [4.78, 5) is 5.08. The molecular weight excluding hydrogens is 347 g/mol. The van der Waals surface area contributed by atoms with Gasteiger partial charge in [0.25, 0.3) is 0 Å². The van der Waals surface area contributed by atoms with Crippen molar-refractivity contribution in [3.05, 3.63) is 65.0 Å². The Morgan fingerprint density at radius 2 is 1.85 bits per heavy atom. The van der Waals surface area contributed by atoms with E-state index in [4.69, 9.17) is 11.6 Å². The van der Waals surface area contributed by atoms with E-state index in [-0.39, 0.29) is 5.82 Å².